The zero-order valence-corrected chi connectivity index (χ0v) is 10.6. The van der Waals surface area contributed by atoms with Crippen LogP contribution in [-0.4, -0.2) is 20.2 Å². The van der Waals surface area contributed by atoms with Gasteiger partial charge in [-0.15, -0.1) is 5.10 Å². The van der Waals surface area contributed by atoms with Gasteiger partial charge in [-0.05, 0) is 47.5 Å². The summed E-state index contributed by atoms with van der Waals surface area (Å²) in [5, 5.41) is 11.5. The molecule has 6 nitrogen and oxygen atoms in total. The second-order valence-corrected chi connectivity index (χ2v) is 4.13. The average molecular weight is 247 g/mol. The topological polar surface area (TPSA) is 78.8 Å². The second kappa shape index (κ2) is 5.48. The Balaban J connectivity index is 2.04. The molecule has 0 bridgehead atoms. The van der Waals surface area contributed by atoms with E-state index in [4.69, 9.17) is 10.5 Å². The zero-order valence-electron chi connectivity index (χ0n) is 10.6. The largest absolute Gasteiger partial charge is 0.485 e. The molecule has 1 aromatic carbocycles. The first-order valence-electron chi connectivity index (χ1n) is 5.94. The number of ether oxygens (including phenoxy) is 1. The minimum absolute atomic E-state index is 0.359. The summed E-state index contributed by atoms with van der Waals surface area (Å²) in [4.78, 5) is 0. The van der Waals surface area contributed by atoms with E-state index in [-0.39, 0.29) is 0 Å². The van der Waals surface area contributed by atoms with Crippen molar-refractivity contribution in [1.29, 1.82) is 0 Å². The van der Waals surface area contributed by atoms with Crippen LogP contribution in [0.2, 0.25) is 0 Å². The fourth-order valence-corrected chi connectivity index (χ4v) is 1.69. The summed E-state index contributed by atoms with van der Waals surface area (Å²) in [7, 11) is 0. The molecule has 0 fully saturated rings. The highest BCUT2D eigenvalue weighted by atomic mass is 16.5. The highest BCUT2D eigenvalue weighted by molar-refractivity contribution is 5.47. The Labute approximate surface area is 106 Å². The Bertz CT molecular complexity index is 523. The highest BCUT2D eigenvalue weighted by Gasteiger charge is 2.07. The Hall–Kier alpha value is -2.11. The van der Waals surface area contributed by atoms with Crippen molar-refractivity contribution in [1.82, 2.24) is 20.2 Å². The number of nitrogens with two attached hydrogens (primary N) is 1. The van der Waals surface area contributed by atoms with Crippen molar-refractivity contribution in [2.45, 2.75) is 33.4 Å². The van der Waals surface area contributed by atoms with Gasteiger partial charge in [-0.3, -0.25) is 0 Å². The summed E-state index contributed by atoms with van der Waals surface area (Å²) in [6, 6.07) is 5.56. The number of rotatable bonds is 5. The Morgan fingerprint density at radius 1 is 1.39 bits per heavy atom. The van der Waals surface area contributed by atoms with Crippen LogP contribution in [0, 0.1) is 6.92 Å². The molecule has 2 aromatic rings. The molecule has 6 heteroatoms. The lowest BCUT2D eigenvalue weighted by molar-refractivity contribution is 0.284. The van der Waals surface area contributed by atoms with Crippen LogP contribution in [0.3, 0.4) is 0 Å². The van der Waals surface area contributed by atoms with Gasteiger partial charge in [0.2, 0.25) is 0 Å². The number of aromatic nitrogens is 4. The third-order valence-corrected chi connectivity index (χ3v) is 2.60. The molecule has 1 aromatic heterocycles. The molecule has 0 amide bonds. The van der Waals surface area contributed by atoms with Crippen LogP contribution in [0.15, 0.2) is 18.2 Å². The molecule has 0 unspecified atom stereocenters. The molecule has 2 rings (SSSR count). The quantitative estimate of drug-likeness (QED) is 0.811. The predicted octanol–water partition coefficient (Wildman–Crippen LogP) is 1.55. The van der Waals surface area contributed by atoms with Crippen molar-refractivity contribution in [3.05, 3.63) is 29.6 Å². The minimum atomic E-state index is 0.359. The number of tetrazole rings is 1. The summed E-state index contributed by atoms with van der Waals surface area (Å²) in [6.07, 6.45) is 0.985. The predicted molar refractivity (Wildman–Crippen MR) is 68.0 cm³/mol. The third kappa shape index (κ3) is 2.77. The molecule has 1 heterocycles. The molecule has 0 radical (unpaired) electrons. The van der Waals surface area contributed by atoms with Gasteiger partial charge in [0.1, 0.15) is 12.4 Å². The smallest absolute Gasteiger partial charge is 0.189 e. The van der Waals surface area contributed by atoms with Crippen molar-refractivity contribution >= 4 is 5.69 Å². The van der Waals surface area contributed by atoms with E-state index in [0.717, 1.165) is 35.8 Å². The van der Waals surface area contributed by atoms with E-state index in [9.17, 15) is 0 Å². The number of hydrogen-bond donors (Lipinski definition) is 1. The zero-order chi connectivity index (χ0) is 13.0. The molecule has 0 spiro atoms. The minimum Gasteiger partial charge on any atom is -0.485 e. The first-order valence-corrected chi connectivity index (χ1v) is 5.94. The van der Waals surface area contributed by atoms with Crippen LogP contribution >= 0.6 is 0 Å². The van der Waals surface area contributed by atoms with Gasteiger partial charge in [-0.2, -0.15) is 0 Å². The fourth-order valence-electron chi connectivity index (χ4n) is 1.69. The molecular weight excluding hydrogens is 230 g/mol. The number of anilines is 1. The Kier molecular flexibility index (Phi) is 3.76. The number of nitrogens with zero attached hydrogens (tertiary/aromatic N) is 4. The first-order chi connectivity index (χ1) is 8.70. The van der Waals surface area contributed by atoms with Crippen molar-refractivity contribution in [2.75, 3.05) is 5.73 Å². The van der Waals surface area contributed by atoms with Gasteiger partial charge < -0.3 is 10.5 Å². The summed E-state index contributed by atoms with van der Waals surface area (Å²) < 4.78 is 7.46. The maximum atomic E-state index is 5.70. The van der Waals surface area contributed by atoms with E-state index in [1.54, 1.807) is 4.68 Å². The van der Waals surface area contributed by atoms with Crippen molar-refractivity contribution in [3.63, 3.8) is 0 Å². The van der Waals surface area contributed by atoms with E-state index in [1.165, 1.54) is 0 Å². The van der Waals surface area contributed by atoms with Crippen LogP contribution in [-0.2, 0) is 13.2 Å². The maximum Gasteiger partial charge on any atom is 0.189 e. The first kappa shape index (κ1) is 12.3. The lowest BCUT2D eigenvalue weighted by Crippen LogP contribution is -2.09. The molecule has 2 N–H and O–H groups in total. The molecule has 0 aliphatic carbocycles. The average Bonchev–Trinajstić information content (AvgIpc) is 2.76. The van der Waals surface area contributed by atoms with Gasteiger partial charge in [0.05, 0.1) is 0 Å². The molecular formula is C12H17N5O. The summed E-state index contributed by atoms with van der Waals surface area (Å²) in [6.45, 7) is 5.20. The molecule has 0 aliphatic rings. The van der Waals surface area contributed by atoms with Crippen LogP contribution < -0.4 is 10.5 Å². The van der Waals surface area contributed by atoms with Gasteiger partial charge in [0.15, 0.2) is 5.82 Å². The highest BCUT2D eigenvalue weighted by Crippen LogP contribution is 2.20. The number of hydrogen-bond acceptors (Lipinski definition) is 5. The number of nitrogen functional groups attached to an aromatic ring is 1. The molecule has 96 valence electrons. The van der Waals surface area contributed by atoms with Crippen molar-refractivity contribution in [2.24, 2.45) is 0 Å². The summed E-state index contributed by atoms with van der Waals surface area (Å²) >= 11 is 0. The van der Waals surface area contributed by atoms with Crippen LogP contribution in [0.5, 0.6) is 5.75 Å². The second-order valence-electron chi connectivity index (χ2n) is 4.13. The summed E-state index contributed by atoms with van der Waals surface area (Å²) in [5.74, 6) is 1.53. The molecule has 0 saturated carbocycles. The van der Waals surface area contributed by atoms with Gasteiger partial charge in [0, 0.05) is 12.2 Å². The van der Waals surface area contributed by atoms with Gasteiger partial charge in [0.25, 0.3) is 0 Å². The molecule has 0 aliphatic heterocycles. The Morgan fingerprint density at radius 2 is 2.22 bits per heavy atom. The molecule has 18 heavy (non-hydrogen) atoms. The molecule has 0 atom stereocenters. The SMILES string of the molecule is CCCn1nnnc1COc1ccc(N)cc1C. The van der Waals surface area contributed by atoms with E-state index < -0.39 is 0 Å². The van der Waals surface area contributed by atoms with Crippen molar-refractivity contribution < 1.29 is 4.74 Å². The lowest BCUT2D eigenvalue weighted by atomic mass is 10.2. The van der Waals surface area contributed by atoms with E-state index in [1.807, 2.05) is 25.1 Å². The number of aryl methyl sites for hydroxylation is 2. The van der Waals surface area contributed by atoms with Crippen molar-refractivity contribution in [3.8, 4) is 5.75 Å². The van der Waals surface area contributed by atoms with Crippen LogP contribution in [0.4, 0.5) is 5.69 Å². The monoisotopic (exact) mass is 247 g/mol. The van der Waals surface area contributed by atoms with E-state index in [0.29, 0.717) is 6.61 Å². The van der Waals surface area contributed by atoms with E-state index in [2.05, 4.69) is 22.4 Å². The third-order valence-electron chi connectivity index (χ3n) is 2.60. The van der Waals surface area contributed by atoms with Gasteiger partial charge >= 0.3 is 0 Å². The molecule has 0 saturated heterocycles. The fraction of sp³-hybridized carbons (Fsp3) is 0.417. The normalized spacial score (nSPS) is 10.6. The van der Waals surface area contributed by atoms with E-state index >= 15 is 0 Å². The number of benzene rings is 1. The van der Waals surface area contributed by atoms with Gasteiger partial charge in [-0.1, -0.05) is 6.92 Å². The van der Waals surface area contributed by atoms with Crippen LogP contribution in [0.25, 0.3) is 0 Å². The summed E-state index contributed by atoms with van der Waals surface area (Å²) in [5.41, 5.74) is 7.43. The maximum absolute atomic E-state index is 5.70. The standard InChI is InChI=1S/C12H17N5O/c1-3-6-17-12(14-15-16-17)8-18-11-5-4-10(13)7-9(11)2/h4-5,7H,3,6,8,13H2,1-2H3. The van der Waals surface area contributed by atoms with Crippen LogP contribution in [0.1, 0.15) is 24.7 Å². The Morgan fingerprint density at radius 3 is 2.94 bits per heavy atom. The van der Waals surface area contributed by atoms with Gasteiger partial charge in [-0.25, -0.2) is 4.68 Å². The lowest BCUT2D eigenvalue weighted by Gasteiger charge is -2.09.